The minimum absolute atomic E-state index is 0.111. The Morgan fingerprint density at radius 3 is 2.46 bits per heavy atom. The lowest BCUT2D eigenvalue weighted by atomic mass is 9.93. The first kappa shape index (κ1) is 26.6. The summed E-state index contributed by atoms with van der Waals surface area (Å²) in [7, 11) is 1.50. The Morgan fingerprint density at radius 2 is 1.79 bits per heavy atom. The van der Waals surface area contributed by atoms with Crippen LogP contribution in [0.1, 0.15) is 38.9 Å². The normalized spacial score (nSPS) is 12.7. The fourth-order valence-corrected chi connectivity index (χ4v) is 5.24. The minimum atomic E-state index is -4.67. The Labute approximate surface area is 224 Å². The molecule has 5 rings (SSSR count). The van der Waals surface area contributed by atoms with Crippen molar-refractivity contribution < 1.29 is 27.1 Å². The largest absolute Gasteiger partial charge is 0.418 e. The highest BCUT2D eigenvalue weighted by atomic mass is 32.1. The number of hydrogen-bond donors (Lipinski definition) is 0. The van der Waals surface area contributed by atoms with Crippen molar-refractivity contribution in [1.82, 2.24) is 25.0 Å². The average Bonchev–Trinajstić information content (AvgIpc) is 3.55. The van der Waals surface area contributed by atoms with Gasteiger partial charge >= 0.3 is 6.18 Å². The molecule has 0 saturated carbocycles. The number of benzene rings is 2. The van der Waals surface area contributed by atoms with E-state index in [9.17, 15) is 22.4 Å². The van der Waals surface area contributed by atoms with Crippen molar-refractivity contribution in [3.05, 3.63) is 99.7 Å². The van der Waals surface area contributed by atoms with Crippen LogP contribution in [0.2, 0.25) is 0 Å². The SMILES string of the molecule is COC(c1ccc(F)cc1)c1c(CC(=O)Cc2ccc(-n3nccn3)c(C(F)(F)F)c2)cnc2sc(C)nc12. The molecule has 3 heterocycles. The molecule has 7 nitrogen and oxygen atoms in total. The Morgan fingerprint density at radius 1 is 1.08 bits per heavy atom. The van der Waals surface area contributed by atoms with Crippen LogP contribution >= 0.6 is 11.3 Å². The number of halogens is 4. The smallest absolute Gasteiger partial charge is 0.372 e. The van der Waals surface area contributed by atoms with Gasteiger partial charge in [0, 0.05) is 31.7 Å². The summed E-state index contributed by atoms with van der Waals surface area (Å²) in [6, 6.07) is 9.46. The zero-order chi connectivity index (χ0) is 27.7. The van der Waals surface area contributed by atoms with Gasteiger partial charge in [-0.3, -0.25) is 4.79 Å². The number of fused-ring (bicyclic) bond motifs is 1. The first-order valence-corrected chi connectivity index (χ1v) is 12.6. The van der Waals surface area contributed by atoms with Gasteiger partial charge < -0.3 is 4.74 Å². The zero-order valence-corrected chi connectivity index (χ0v) is 21.6. The minimum Gasteiger partial charge on any atom is -0.372 e. The molecule has 0 spiro atoms. The molecule has 0 saturated heterocycles. The summed E-state index contributed by atoms with van der Waals surface area (Å²) in [6.07, 6.45) is -1.56. The number of rotatable bonds is 8. The number of thiazole rings is 1. The number of carbonyl (C=O) groups is 1. The van der Waals surface area contributed by atoms with Crippen molar-refractivity contribution >= 4 is 27.5 Å². The van der Waals surface area contributed by atoms with E-state index in [1.165, 1.54) is 55.1 Å². The Hall–Kier alpha value is -4.03. The van der Waals surface area contributed by atoms with E-state index in [0.717, 1.165) is 15.9 Å². The van der Waals surface area contributed by atoms with E-state index >= 15 is 0 Å². The molecule has 0 aliphatic carbocycles. The number of pyridine rings is 1. The summed E-state index contributed by atoms with van der Waals surface area (Å²) in [5.74, 6) is -0.725. The van der Waals surface area contributed by atoms with Gasteiger partial charge in [-0.15, -0.1) is 0 Å². The van der Waals surface area contributed by atoms with Gasteiger partial charge in [0.2, 0.25) is 0 Å². The van der Waals surface area contributed by atoms with Crippen molar-refractivity contribution in [2.45, 2.75) is 32.0 Å². The molecule has 0 fully saturated rings. The maximum atomic E-state index is 13.8. The van der Waals surface area contributed by atoms with Crippen LogP contribution in [0.5, 0.6) is 0 Å². The molecule has 0 N–H and O–H groups in total. The summed E-state index contributed by atoms with van der Waals surface area (Å²) < 4.78 is 60.8. The molecule has 2 aromatic carbocycles. The summed E-state index contributed by atoms with van der Waals surface area (Å²) in [5.41, 5.74) is 1.39. The van der Waals surface area contributed by atoms with E-state index in [4.69, 9.17) is 4.74 Å². The van der Waals surface area contributed by atoms with Gasteiger partial charge in [0.05, 0.1) is 28.7 Å². The van der Waals surface area contributed by atoms with E-state index in [1.54, 1.807) is 18.3 Å². The second-order valence-electron chi connectivity index (χ2n) is 8.81. The Bertz CT molecular complexity index is 1630. The summed E-state index contributed by atoms with van der Waals surface area (Å²) in [6.45, 7) is 1.83. The molecule has 5 aromatic rings. The van der Waals surface area contributed by atoms with Crippen molar-refractivity contribution in [3.63, 3.8) is 0 Å². The fourth-order valence-electron chi connectivity index (χ4n) is 4.47. The molecule has 0 aliphatic heterocycles. The van der Waals surface area contributed by atoms with Crippen molar-refractivity contribution in [1.29, 1.82) is 0 Å². The van der Waals surface area contributed by atoms with Gasteiger partial charge in [-0.2, -0.15) is 28.2 Å². The molecule has 0 radical (unpaired) electrons. The topological polar surface area (TPSA) is 82.8 Å². The van der Waals surface area contributed by atoms with Crippen LogP contribution < -0.4 is 0 Å². The third kappa shape index (κ3) is 5.57. The fraction of sp³-hybridized carbons (Fsp3) is 0.222. The molecule has 0 aliphatic rings. The first-order chi connectivity index (χ1) is 18.6. The van der Waals surface area contributed by atoms with Crippen LogP contribution in [-0.2, 0) is 28.5 Å². The first-order valence-electron chi connectivity index (χ1n) is 11.8. The van der Waals surface area contributed by atoms with Gasteiger partial charge in [0.1, 0.15) is 28.1 Å². The number of carbonyl (C=O) groups excluding carboxylic acids is 1. The maximum absolute atomic E-state index is 13.8. The van der Waals surface area contributed by atoms with Crippen LogP contribution in [0.4, 0.5) is 17.6 Å². The highest BCUT2D eigenvalue weighted by Crippen LogP contribution is 2.36. The molecule has 3 aromatic heterocycles. The van der Waals surface area contributed by atoms with Crippen LogP contribution in [0.15, 0.2) is 61.1 Å². The van der Waals surface area contributed by atoms with E-state index in [2.05, 4.69) is 20.2 Å². The summed E-state index contributed by atoms with van der Waals surface area (Å²) >= 11 is 1.38. The summed E-state index contributed by atoms with van der Waals surface area (Å²) in [4.78, 5) is 23.8. The van der Waals surface area contributed by atoms with E-state index in [0.29, 0.717) is 27.0 Å². The number of aromatic nitrogens is 5. The highest BCUT2D eigenvalue weighted by Gasteiger charge is 2.35. The number of nitrogens with zero attached hydrogens (tertiary/aromatic N) is 5. The van der Waals surface area contributed by atoms with Gasteiger partial charge in [-0.05, 0) is 47.9 Å². The average molecular weight is 556 g/mol. The van der Waals surface area contributed by atoms with Crippen LogP contribution in [-0.4, -0.2) is 37.9 Å². The number of hydrogen-bond acceptors (Lipinski definition) is 7. The summed E-state index contributed by atoms with van der Waals surface area (Å²) in [5, 5.41) is 8.35. The lowest BCUT2D eigenvalue weighted by Crippen LogP contribution is -2.15. The number of ether oxygens (including phenoxy) is 1. The van der Waals surface area contributed by atoms with E-state index in [-0.39, 0.29) is 29.9 Å². The number of aryl methyl sites for hydroxylation is 1. The van der Waals surface area contributed by atoms with Crippen LogP contribution in [0.25, 0.3) is 16.0 Å². The van der Waals surface area contributed by atoms with Gasteiger partial charge in [0.15, 0.2) is 0 Å². The van der Waals surface area contributed by atoms with Crippen molar-refractivity contribution in [2.75, 3.05) is 7.11 Å². The number of ketones is 1. The number of alkyl halides is 3. The van der Waals surface area contributed by atoms with Gasteiger partial charge in [-0.1, -0.05) is 29.5 Å². The van der Waals surface area contributed by atoms with E-state index < -0.39 is 23.7 Å². The third-order valence-electron chi connectivity index (χ3n) is 6.12. The maximum Gasteiger partial charge on any atom is 0.418 e. The monoisotopic (exact) mass is 555 g/mol. The molecule has 0 bridgehead atoms. The van der Waals surface area contributed by atoms with Gasteiger partial charge in [0.25, 0.3) is 0 Å². The standard InChI is InChI=1S/C27H21F4N5O2S/c1-15-35-24-23(25(38-2)17-4-6-19(28)7-5-17)18(14-32-26(24)39-15)13-20(37)11-16-3-8-22(36-33-9-10-34-36)21(12-16)27(29,30)31/h3-10,12,14,25H,11,13H2,1-2H3. The Balaban J connectivity index is 1.49. The molecule has 0 amide bonds. The molecule has 39 heavy (non-hydrogen) atoms. The number of Topliss-reactive ketones (excluding diaryl/α,β-unsaturated/α-hetero) is 1. The molecule has 1 unspecified atom stereocenters. The second kappa shape index (κ2) is 10.6. The van der Waals surface area contributed by atoms with E-state index in [1.807, 2.05) is 6.92 Å². The zero-order valence-electron chi connectivity index (χ0n) is 20.7. The molecule has 12 heteroatoms. The highest BCUT2D eigenvalue weighted by molar-refractivity contribution is 7.18. The van der Waals surface area contributed by atoms with Crippen LogP contribution in [0, 0.1) is 12.7 Å². The van der Waals surface area contributed by atoms with Crippen molar-refractivity contribution in [2.24, 2.45) is 0 Å². The number of methoxy groups -OCH3 is 1. The second-order valence-corrected chi connectivity index (χ2v) is 9.99. The predicted octanol–water partition coefficient (Wildman–Crippen LogP) is 5.83. The predicted molar refractivity (Wildman–Crippen MR) is 136 cm³/mol. The van der Waals surface area contributed by atoms with Crippen LogP contribution in [0.3, 0.4) is 0 Å². The Kier molecular flexibility index (Phi) is 7.23. The quantitative estimate of drug-likeness (QED) is 0.224. The van der Waals surface area contributed by atoms with Crippen molar-refractivity contribution in [3.8, 4) is 5.69 Å². The third-order valence-corrected chi connectivity index (χ3v) is 6.99. The molecular formula is C27H21F4N5O2S. The molecular weight excluding hydrogens is 534 g/mol. The lowest BCUT2D eigenvalue weighted by molar-refractivity contribution is -0.137. The molecule has 1 atom stereocenters. The molecule has 200 valence electrons. The lowest BCUT2D eigenvalue weighted by Gasteiger charge is -2.20. The van der Waals surface area contributed by atoms with Gasteiger partial charge in [-0.25, -0.2) is 14.4 Å².